The molecule has 0 spiro atoms. The fourth-order valence-electron chi connectivity index (χ4n) is 1.79. The van der Waals surface area contributed by atoms with Gasteiger partial charge in [0.25, 0.3) is 0 Å². The molecule has 21 heavy (non-hydrogen) atoms. The zero-order valence-corrected chi connectivity index (χ0v) is 13.1. The molecule has 1 rings (SSSR count). The van der Waals surface area contributed by atoms with Gasteiger partial charge in [0.2, 0.25) is 0 Å². The lowest BCUT2D eigenvalue weighted by atomic mass is 10.1. The Morgan fingerprint density at radius 2 is 1.90 bits per heavy atom. The van der Waals surface area contributed by atoms with E-state index in [1.807, 2.05) is 27.7 Å². The average Bonchev–Trinajstić information content (AvgIpc) is 2.36. The molecule has 5 heteroatoms. The van der Waals surface area contributed by atoms with Crippen LogP contribution in [0.5, 0.6) is 0 Å². The van der Waals surface area contributed by atoms with Crippen molar-refractivity contribution in [1.82, 2.24) is 5.32 Å². The number of carbonyl (C=O) groups excluding carboxylic acids is 1. The van der Waals surface area contributed by atoms with Crippen LogP contribution in [0.1, 0.15) is 33.3 Å². The number of ether oxygens (including phenoxy) is 2. The molecule has 0 radical (unpaired) electrons. The van der Waals surface area contributed by atoms with Crippen molar-refractivity contribution in [2.75, 3.05) is 13.2 Å². The second-order valence-corrected chi connectivity index (χ2v) is 5.83. The highest BCUT2D eigenvalue weighted by molar-refractivity contribution is 5.68. The quantitative estimate of drug-likeness (QED) is 0.876. The Labute approximate surface area is 125 Å². The summed E-state index contributed by atoms with van der Waals surface area (Å²) in [4.78, 5) is 11.8. The van der Waals surface area contributed by atoms with Crippen molar-refractivity contribution in [3.05, 3.63) is 35.6 Å². The van der Waals surface area contributed by atoms with E-state index in [9.17, 15) is 9.18 Å². The minimum Gasteiger partial charge on any atom is -0.444 e. The van der Waals surface area contributed by atoms with Crippen molar-refractivity contribution in [1.29, 1.82) is 0 Å². The van der Waals surface area contributed by atoms with Gasteiger partial charge in [-0.3, -0.25) is 0 Å². The smallest absolute Gasteiger partial charge is 0.407 e. The van der Waals surface area contributed by atoms with E-state index in [2.05, 4.69) is 5.32 Å². The minimum absolute atomic E-state index is 0.217. The Morgan fingerprint density at radius 1 is 1.29 bits per heavy atom. The SMILES string of the molecule is CCOCC(Cc1ccc(F)cc1)NC(=O)OC(C)(C)C. The van der Waals surface area contributed by atoms with Gasteiger partial charge in [0, 0.05) is 6.61 Å². The van der Waals surface area contributed by atoms with E-state index in [0.717, 1.165) is 5.56 Å². The molecule has 1 unspecified atom stereocenters. The third-order valence-corrected chi connectivity index (χ3v) is 2.64. The first-order valence-electron chi connectivity index (χ1n) is 7.12. The highest BCUT2D eigenvalue weighted by atomic mass is 19.1. The standard InChI is InChI=1S/C16H24FNO3/c1-5-20-11-14(18-15(19)21-16(2,3)4)10-12-6-8-13(17)9-7-12/h6-9,14H,5,10-11H2,1-4H3,(H,18,19). The highest BCUT2D eigenvalue weighted by Crippen LogP contribution is 2.09. The van der Waals surface area contributed by atoms with Crippen LogP contribution in [0.4, 0.5) is 9.18 Å². The molecule has 0 aliphatic heterocycles. The maximum absolute atomic E-state index is 12.9. The van der Waals surface area contributed by atoms with E-state index in [1.165, 1.54) is 12.1 Å². The summed E-state index contributed by atoms with van der Waals surface area (Å²) in [6, 6.07) is 5.99. The molecule has 0 aliphatic carbocycles. The van der Waals surface area contributed by atoms with E-state index in [1.54, 1.807) is 12.1 Å². The molecule has 1 atom stereocenters. The van der Waals surface area contributed by atoms with E-state index in [0.29, 0.717) is 19.6 Å². The Morgan fingerprint density at radius 3 is 2.43 bits per heavy atom. The highest BCUT2D eigenvalue weighted by Gasteiger charge is 2.19. The predicted octanol–water partition coefficient (Wildman–Crippen LogP) is 3.30. The van der Waals surface area contributed by atoms with Gasteiger partial charge >= 0.3 is 6.09 Å². The van der Waals surface area contributed by atoms with Crippen LogP contribution in [0.25, 0.3) is 0 Å². The number of hydrogen-bond acceptors (Lipinski definition) is 3. The molecule has 1 amide bonds. The van der Waals surface area contributed by atoms with Crippen LogP contribution >= 0.6 is 0 Å². The summed E-state index contributed by atoms with van der Waals surface area (Å²) in [7, 11) is 0. The molecule has 0 aliphatic rings. The lowest BCUT2D eigenvalue weighted by Gasteiger charge is -2.23. The van der Waals surface area contributed by atoms with E-state index < -0.39 is 11.7 Å². The van der Waals surface area contributed by atoms with Gasteiger partial charge in [-0.2, -0.15) is 0 Å². The molecule has 0 heterocycles. The molecule has 4 nitrogen and oxygen atoms in total. The maximum Gasteiger partial charge on any atom is 0.407 e. The largest absolute Gasteiger partial charge is 0.444 e. The van der Waals surface area contributed by atoms with Crippen LogP contribution < -0.4 is 5.32 Å². The van der Waals surface area contributed by atoms with Crippen molar-refractivity contribution in [2.24, 2.45) is 0 Å². The summed E-state index contributed by atoms with van der Waals surface area (Å²) < 4.78 is 23.5. The first-order valence-corrected chi connectivity index (χ1v) is 7.12. The molecule has 1 aromatic rings. The number of alkyl carbamates (subject to hydrolysis) is 1. The van der Waals surface area contributed by atoms with Crippen molar-refractivity contribution in [2.45, 2.75) is 45.8 Å². The molecule has 0 fully saturated rings. The minimum atomic E-state index is -0.546. The number of amides is 1. The summed E-state index contributed by atoms with van der Waals surface area (Å²) >= 11 is 0. The monoisotopic (exact) mass is 297 g/mol. The summed E-state index contributed by atoms with van der Waals surface area (Å²) in [5, 5.41) is 2.79. The maximum atomic E-state index is 12.9. The summed E-state index contributed by atoms with van der Waals surface area (Å²) in [6.07, 6.45) is 0.0776. The normalized spacial score (nSPS) is 12.8. The van der Waals surface area contributed by atoms with Gasteiger partial charge in [-0.1, -0.05) is 12.1 Å². The third-order valence-electron chi connectivity index (χ3n) is 2.64. The van der Waals surface area contributed by atoms with Crippen LogP contribution in [-0.4, -0.2) is 30.9 Å². The molecule has 0 saturated carbocycles. The van der Waals surface area contributed by atoms with E-state index in [-0.39, 0.29) is 11.9 Å². The topological polar surface area (TPSA) is 47.6 Å². The second kappa shape index (κ2) is 7.98. The molecule has 118 valence electrons. The van der Waals surface area contributed by atoms with Crippen molar-refractivity contribution < 1.29 is 18.7 Å². The lowest BCUT2D eigenvalue weighted by molar-refractivity contribution is 0.0449. The fraction of sp³-hybridized carbons (Fsp3) is 0.562. The van der Waals surface area contributed by atoms with Crippen LogP contribution in [-0.2, 0) is 15.9 Å². The Kier molecular flexibility index (Phi) is 6.62. The van der Waals surface area contributed by atoms with Gasteiger partial charge in [0.05, 0.1) is 12.6 Å². The first-order chi connectivity index (χ1) is 9.80. The predicted molar refractivity (Wildman–Crippen MR) is 79.8 cm³/mol. The number of nitrogens with one attached hydrogen (secondary N) is 1. The third kappa shape index (κ3) is 7.66. The number of benzene rings is 1. The lowest BCUT2D eigenvalue weighted by Crippen LogP contribution is -2.42. The molecule has 1 aromatic carbocycles. The van der Waals surface area contributed by atoms with Gasteiger partial charge in [0.15, 0.2) is 0 Å². The Hall–Kier alpha value is -1.62. The van der Waals surface area contributed by atoms with Crippen molar-refractivity contribution in [3.63, 3.8) is 0 Å². The number of halogens is 1. The zero-order chi connectivity index (χ0) is 15.9. The van der Waals surface area contributed by atoms with Gasteiger partial charge in [0.1, 0.15) is 11.4 Å². The van der Waals surface area contributed by atoms with Gasteiger partial charge in [-0.05, 0) is 51.8 Å². The first kappa shape index (κ1) is 17.4. The number of rotatable bonds is 6. The number of carbonyl (C=O) groups is 1. The van der Waals surface area contributed by atoms with Crippen LogP contribution in [0.3, 0.4) is 0 Å². The van der Waals surface area contributed by atoms with E-state index in [4.69, 9.17) is 9.47 Å². The molecule has 0 saturated heterocycles. The Balaban J connectivity index is 2.62. The molecule has 0 bridgehead atoms. The zero-order valence-electron chi connectivity index (χ0n) is 13.1. The van der Waals surface area contributed by atoms with Gasteiger partial charge in [-0.25, -0.2) is 9.18 Å². The number of hydrogen-bond donors (Lipinski definition) is 1. The molecular formula is C16H24FNO3. The molecule has 0 aromatic heterocycles. The molecule has 1 N–H and O–H groups in total. The molecular weight excluding hydrogens is 273 g/mol. The van der Waals surface area contributed by atoms with Gasteiger partial charge < -0.3 is 14.8 Å². The van der Waals surface area contributed by atoms with Crippen molar-refractivity contribution in [3.8, 4) is 0 Å². The second-order valence-electron chi connectivity index (χ2n) is 5.83. The van der Waals surface area contributed by atoms with Crippen LogP contribution in [0.2, 0.25) is 0 Å². The van der Waals surface area contributed by atoms with E-state index >= 15 is 0 Å². The average molecular weight is 297 g/mol. The summed E-state index contributed by atoms with van der Waals surface area (Å²) in [5.74, 6) is -0.278. The van der Waals surface area contributed by atoms with Crippen LogP contribution in [0.15, 0.2) is 24.3 Å². The van der Waals surface area contributed by atoms with Crippen molar-refractivity contribution >= 4 is 6.09 Å². The summed E-state index contributed by atoms with van der Waals surface area (Å²) in [5.41, 5.74) is 0.382. The fourth-order valence-corrected chi connectivity index (χ4v) is 1.79. The summed E-state index contributed by atoms with van der Waals surface area (Å²) in [6.45, 7) is 8.27. The van der Waals surface area contributed by atoms with Crippen LogP contribution in [0, 0.1) is 5.82 Å². The van der Waals surface area contributed by atoms with Gasteiger partial charge in [-0.15, -0.1) is 0 Å². The Bertz CT molecular complexity index is 440.